The van der Waals surface area contributed by atoms with Crippen molar-refractivity contribution in [3.63, 3.8) is 0 Å². The lowest BCUT2D eigenvalue weighted by atomic mass is 10.0. The predicted octanol–water partition coefficient (Wildman–Crippen LogP) is 0.746. The Hall–Kier alpha value is -2.94. The van der Waals surface area contributed by atoms with E-state index in [4.69, 9.17) is 11.0 Å². The highest BCUT2D eigenvalue weighted by Gasteiger charge is 2.51. The summed E-state index contributed by atoms with van der Waals surface area (Å²) < 4.78 is 0. The van der Waals surface area contributed by atoms with Gasteiger partial charge >= 0.3 is 0 Å². The van der Waals surface area contributed by atoms with Crippen LogP contribution in [0.1, 0.15) is 43.4 Å². The van der Waals surface area contributed by atoms with Gasteiger partial charge in [0.15, 0.2) is 0 Å². The molecule has 8 nitrogen and oxygen atoms in total. The number of hydrogen-bond donors (Lipinski definition) is 1. The Morgan fingerprint density at radius 1 is 1.30 bits per heavy atom. The van der Waals surface area contributed by atoms with E-state index in [0.29, 0.717) is 31.6 Å². The minimum Gasteiger partial charge on any atom is -0.330 e. The van der Waals surface area contributed by atoms with Gasteiger partial charge in [0.1, 0.15) is 6.04 Å². The van der Waals surface area contributed by atoms with E-state index in [9.17, 15) is 14.9 Å². The normalized spacial score (nSPS) is 27.7. The number of nitrogens with zero attached hydrogens (tertiary/aromatic N) is 5. The number of nitriles is 2. The van der Waals surface area contributed by atoms with Crippen LogP contribution in [0.25, 0.3) is 0 Å². The van der Waals surface area contributed by atoms with Crippen LogP contribution in [0.3, 0.4) is 0 Å². The van der Waals surface area contributed by atoms with Gasteiger partial charge < -0.3 is 15.5 Å². The number of benzene rings is 1. The first-order valence-electron chi connectivity index (χ1n) is 10.5. The van der Waals surface area contributed by atoms with Crippen LogP contribution in [0.15, 0.2) is 24.3 Å². The molecule has 0 aliphatic carbocycles. The molecule has 0 saturated carbocycles. The average Bonchev–Trinajstić information content (AvgIpc) is 3.47. The first-order valence-corrected chi connectivity index (χ1v) is 10.5. The third-order valence-electron chi connectivity index (χ3n) is 6.69. The summed E-state index contributed by atoms with van der Waals surface area (Å²) in [6, 6.07) is 10.3. The molecule has 3 heterocycles. The van der Waals surface area contributed by atoms with Crippen LogP contribution in [-0.4, -0.2) is 70.3 Å². The van der Waals surface area contributed by atoms with Gasteiger partial charge in [0.25, 0.3) is 0 Å². The largest absolute Gasteiger partial charge is 0.330 e. The number of amides is 2. The monoisotopic (exact) mass is 406 g/mol. The maximum absolute atomic E-state index is 13.1. The molecule has 1 aromatic carbocycles. The maximum atomic E-state index is 13.1. The smallest absolute Gasteiger partial charge is 0.241 e. The summed E-state index contributed by atoms with van der Waals surface area (Å²) in [4.78, 5) is 31.3. The zero-order valence-corrected chi connectivity index (χ0v) is 17.1. The van der Waals surface area contributed by atoms with Crippen LogP contribution in [0.5, 0.6) is 0 Å². The van der Waals surface area contributed by atoms with Crippen molar-refractivity contribution in [3.05, 3.63) is 35.4 Å². The summed E-state index contributed by atoms with van der Waals surface area (Å²) in [6.07, 6.45) is 2.26. The summed E-state index contributed by atoms with van der Waals surface area (Å²) >= 11 is 0. The molecule has 3 aliphatic rings. The number of piperazine rings is 1. The van der Waals surface area contributed by atoms with E-state index >= 15 is 0 Å². The van der Waals surface area contributed by atoms with Gasteiger partial charge in [0.2, 0.25) is 11.8 Å². The second kappa shape index (κ2) is 8.06. The van der Waals surface area contributed by atoms with E-state index in [1.54, 1.807) is 17.0 Å². The highest BCUT2D eigenvalue weighted by molar-refractivity contribution is 5.87. The Kier molecular flexibility index (Phi) is 5.46. The molecule has 8 heteroatoms. The van der Waals surface area contributed by atoms with Crippen molar-refractivity contribution >= 4 is 11.8 Å². The lowest BCUT2D eigenvalue weighted by Crippen LogP contribution is -2.56. The van der Waals surface area contributed by atoms with Crippen LogP contribution in [-0.2, 0) is 9.59 Å². The second-order valence-electron chi connectivity index (χ2n) is 8.44. The lowest BCUT2D eigenvalue weighted by molar-refractivity contribution is -0.140. The first-order chi connectivity index (χ1) is 14.4. The van der Waals surface area contributed by atoms with Gasteiger partial charge in [0.05, 0.1) is 35.8 Å². The Morgan fingerprint density at radius 3 is 2.67 bits per heavy atom. The topological polar surface area (TPSA) is 117 Å². The fourth-order valence-electron chi connectivity index (χ4n) is 5.10. The van der Waals surface area contributed by atoms with Crippen molar-refractivity contribution in [1.82, 2.24) is 14.7 Å². The van der Waals surface area contributed by atoms with Crippen LogP contribution in [0, 0.1) is 22.7 Å². The van der Waals surface area contributed by atoms with Gasteiger partial charge in [-0.2, -0.15) is 10.5 Å². The summed E-state index contributed by atoms with van der Waals surface area (Å²) in [6.45, 7) is 3.61. The molecule has 3 aliphatic heterocycles. The minimum absolute atomic E-state index is 0.0684. The third-order valence-corrected chi connectivity index (χ3v) is 6.69. The average molecular weight is 406 g/mol. The van der Waals surface area contributed by atoms with E-state index in [1.807, 2.05) is 28.9 Å². The standard InChI is InChI=1S/C22H26N6O2/c1-14(16-6-4-15(10-23)5-7-16)28-18-9-20(22(28)30)26(12-18)13-19(25)21(29)27-8-2-3-17(27)11-24/h4-7,14,17-20H,2-3,8-9,12-13,25H2,1H3/t14-,17?,18-,19?,20?/m0/s1. The van der Waals surface area contributed by atoms with Gasteiger partial charge in [-0.25, -0.2) is 0 Å². The highest BCUT2D eigenvalue weighted by Crippen LogP contribution is 2.38. The molecule has 0 aromatic heterocycles. The zero-order chi connectivity index (χ0) is 21.4. The highest BCUT2D eigenvalue weighted by atomic mass is 16.2. The Labute approximate surface area is 176 Å². The lowest BCUT2D eigenvalue weighted by Gasteiger charge is -2.38. The summed E-state index contributed by atoms with van der Waals surface area (Å²) in [5.74, 6) is -0.129. The Morgan fingerprint density at radius 2 is 2.03 bits per heavy atom. The molecular weight excluding hydrogens is 380 g/mol. The molecule has 3 unspecified atom stereocenters. The van der Waals surface area contributed by atoms with E-state index in [-0.39, 0.29) is 36.0 Å². The van der Waals surface area contributed by atoms with Crippen molar-refractivity contribution in [2.24, 2.45) is 5.73 Å². The fourth-order valence-corrected chi connectivity index (χ4v) is 5.10. The third kappa shape index (κ3) is 3.43. The molecule has 2 amide bonds. The van der Waals surface area contributed by atoms with Crippen LogP contribution >= 0.6 is 0 Å². The van der Waals surface area contributed by atoms with Crippen molar-refractivity contribution in [2.75, 3.05) is 19.6 Å². The molecule has 5 atom stereocenters. The number of fused-ring (bicyclic) bond motifs is 2. The van der Waals surface area contributed by atoms with E-state index in [2.05, 4.69) is 12.1 Å². The number of nitrogens with two attached hydrogens (primary N) is 1. The second-order valence-corrected chi connectivity index (χ2v) is 8.44. The summed E-state index contributed by atoms with van der Waals surface area (Å²) in [5, 5.41) is 18.2. The van der Waals surface area contributed by atoms with Gasteiger partial charge in [-0.3, -0.25) is 14.5 Å². The number of carbonyl (C=O) groups excluding carboxylic acids is 2. The minimum atomic E-state index is -0.726. The van der Waals surface area contributed by atoms with Gasteiger partial charge in [0, 0.05) is 25.7 Å². The van der Waals surface area contributed by atoms with Gasteiger partial charge in [-0.1, -0.05) is 12.1 Å². The van der Waals surface area contributed by atoms with E-state index < -0.39 is 6.04 Å². The van der Waals surface area contributed by atoms with Gasteiger partial charge in [-0.05, 0) is 43.9 Å². The molecule has 30 heavy (non-hydrogen) atoms. The molecule has 1 aromatic rings. The number of likely N-dealkylation sites (tertiary alicyclic amines) is 3. The molecule has 3 saturated heterocycles. The van der Waals surface area contributed by atoms with Crippen LogP contribution in [0.4, 0.5) is 0 Å². The van der Waals surface area contributed by atoms with Crippen molar-refractivity contribution < 1.29 is 9.59 Å². The number of carbonyl (C=O) groups is 2. The van der Waals surface area contributed by atoms with Crippen LogP contribution < -0.4 is 5.73 Å². The Balaban J connectivity index is 1.39. The number of rotatable bonds is 5. The summed E-state index contributed by atoms with van der Waals surface area (Å²) in [7, 11) is 0. The van der Waals surface area contributed by atoms with Crippen LogP contribution in [0.2, 0.25) is 0 Å². The zero-order valence-electron chi connectivity index (χ0n) is 17.1. The number of hydrogen-bond acceptors (Lipinski definition) is 6. The molecule has 2 N–H and O–H groups in total. The predicted molar refractivity (Wildman–Crippen MR) is 109 cm³/mol. The molecule has 0 radical (unpaired) electrons. The van der Waals surface area contributed by atoms with Crippen molar-refractivity contribution in [2.45, 2.75) is 56.4 Å². The molecule has 2 bridgehead atoms. The van der Waals surface area contributed by atoms with Gasteiger partial charge in [-0.15, -0.1) is 0 Å². The SMILES string of the molecule is C[C@@H](c1ccc(C#N)cc1)N1C(=O)C2C[C@H]1CN2CC(N)C(=O)N1CCCC1C#N. The molecule has 0 spiro atoms. The maximum Gasteiger partial charge on any atom is 0.241 e. The summed E-state index contributed by atoms with van der Waals surface area (Å²) in [5.41, 5.74) is 7.79. The van der Waals surface area contributed by atoms with E-state index in [0.717, 1.165) is 18.4 Å². The molecule has 3 fully saturated rings. The fraction of sp³-hybridized carbons (Fsp3) is 0.545. The Bertz CT molecular complexity index is 917. The quantitative estimate of drug-likeness (QED) is 0.771. The molecule has 4 rings (SSSR count). The van der Waals surface area contributed by atoms with E-state index in [1.165, 1.54) is 0 Å². The molecule has 156 valence electrons. The van der Waals surface area contributed by atoms with Crippen molar-refractivity contribution in [3.8, 4) is 12.1 Å². The molecular formula is C22H26N6O2. The first kappa shape index (κ1) is 20.3. The van der Waals surface area contributed by atoms with Crippen molar-refractivity contribution in [1.29, 1.82) is 10.5 Å².